The van der Waals surface area contributed by atoms with E-state index in [1.165, 1.54) is 13.2 Å². The largest absolute Gasteiger partial charge is 0.497 e. The molecule has 0 radical (unpaired) electrons. The molecule has 0 fully saturated rings. The molecule has 108 valence electrons. The second-order valence-corrected chi connectivity index (χ2v) is 4.87. The van der Waals surface area contributed by atoms with Crippen molar-refractivity contribution in [2.24, 2.45) is 5.41 Å². The van der Waals surface area contributed by atoms with Crippen LogP contribution in [0, 0.1) is 5.41 Å². The fourth-order valence-electron chi connectivity index (χ4n) is 1.81. The molecule has 0 saturated heterocycles. The van der Waals surface area contributed by atoms with Gasteiger partial charge in [-0.3, -0.25) is 9.59 Å². The molecule has 0 bridgehead atoms. The SMILES string of the molecule is COc1ccc(C(=CCC(=O)O)C(C)(C)C(=O)O)cc1. The summed E-state index contributed by atoms with van der Waals surface area (Å²) in [7, 11) is 1.54. The zero-order valence-corrected chi connectivity index (χ0v) is 11.7. The molecule has 0 unspecified atom stereocenters. The number of rotatable bonds is 6. The molecule has 1 rings (SSSR count). The molecule has 0 saturated carbocycles. The third-order valence-electron chi connectivity index (χ3n) is 3.09. The van der Waals surface area contributed by atoms with Crippen molar-refractivity contribution < 1.29 is 24.5 Å². The maximum absolute atomic E-state index is 11.4. The molecule has 5 nitrogen and oxygen atoms in total. The van der Waals surface area contributed by atoms with Crippen LogP contribution in [0.15, 0.2) is 30.3 Å². The van der Waals surface area contributed by atoms with Crippen molar-refractivity contribution in [3.63, 3.8) is 0 Å². The first-order valence-corrected chi connectivity index (χ1v) is 6.09. The molecule has 0 aliphatic rings. The Hall–Kier alpha value is -2.30. The maximum Gasteiger partial charge on any atom is 0.313 e. The van der Waals surface area contributed by atoms with Crippen LogP contribution in [0.3, 0.4) is 0 Å². The summed E-state index contributed by atoms with van der Waals surface area (Å²) in [4.78, 5) is 22.1. The molecule has 1 aromatic rings. The average Bonchev–Trinajstić information content (AvgIpc) is 2.38. The lowest BCUT2D eigenvalue weighted by Gasteiger charge is -2.24. The Morgan fingerprint density at radius 2 is 1.75 bits per heavy atom. The highest BCUT2D eigenvalue weighted by molar-refractivity contribution is 5.92. The average molecular weight is 278 g/mol. The Labute approximate surface area is 117 Å². The van der Waals surface area contributed by atoms with E-state index in [-0.39, 0.29) is 6.42 Å². The number of ether oxygens (including phenoxy) is 1. The summed E-state index contributed by atoms with van der Waals surface area (Å²) in [6.07, 6.45) is 1.22. The summed E-state index contributed by atoms with van der Waals surface area (Å²) in [5.74, 6) is -1.36. The van der Waals surface area contributed by atoms with Crippen LogP contribution in [0.4, 0.5) is 0 Å². The molecule has 5 heteroatoms. The van der Waals surface area contributed by atoms with Gasteiger partial charge in [-0.2, -0.15) is 0 Å². The van der Waals surface area contributed by atoms with Gasteiger partial charge in [0.25, 0.3) is 0 Å². The van der Waals surface area contributed by atoms with E-state index < -0.39 is 17.4 Å². The molecule has 0 aromatic heterocycles. The van der Waals surface area contributed by atoms with E-state index in [9.17, 15) is 14.7 Å². The van der Waals surface area contributed by atoms with Gasteiger partial charge in [-0.15, -0.1) is 0 Å². The van der Waals surface area contributed by atoms with Gasteiger partial charge in [0.15, 0.2) is 0 Å². The van der Waals surface area contributed by atoms with Crippen molar-refractivity contribution in [1.29, 1.82) is 0 Å². The summed E-state index contributed by atoms with van der Waals surface area (Å²) in [5, 5.41) is 18.1. The third-order valence-corrected chi connectivity index (χ3v) is 3.09. The van der Waals surface area contributed by atoms with E-state index in [4.69, 9.17) is 9.84 Å². The molecule has 2 N–H and O–H groups in total. The smallest absolute Gasteiger partial charge is 0.313 e. The molecule has 0 aliphatic carbocycles. The zero-order chi connectivity index (χ0) is 15.3. The molecule has 20 heavy (non-hydrogen) atoms. The number of benzene rings is 1. The van der Waals surface area contributed by atoms with Crippen LogP contribution in [0.5, 0.6) is 5.75 Å². The summed E-state index contributed by atoms with van der Waals surface area (Å²) < 4.78 is 5.05. The van der Waals surface area contributed by atoms with E-state index >= 15 is 0 Å². The van der Waals surface area contributed by atoms with Gasteiger partial charge in [-0.1, -0.05) is 18.2 Å². The Morgan fingerprint density at radius 3 is 2.15 bits per heavy atom. The highest BCUT2D eigenvalue weighted by atomic mass is 16.5. The quantitative estimate of drug-likeness (QED) is 0.835. The van der Waals surface area contributed by atoms with Crippen LogP contribution in [0.1, 0.15) is 25.8 Å². The van der Waals surface area contributed by atoms with Gasteiger partial charge in [0.2, 0.25) is 0 Å². The van der Waals surface area contributed by atoms with E-state index in [0.29, 0.717) is 16.9 Å². The van der Waals surface area contributed by atoms with Crippen LogP contribution in [-0.2, 0) is 9.59 Å². The van der Waals surface area contributed by atoms with Crippen molar-refractivity contribution in [3.05, 3.63) is 35.9 Å². The number of hydrogen-bond donors (Lipinski definition) is 2. The normalized spacial score (nSPS) is 12.1. The van der Waals surface area contributed by atoms with Gasteiger partial charge < -0.3 is 14.9 Å². The second-order valence-electron chi connectivity index (χ2n) is 4.87. The minimum atomic E-state index is -1.18. The monoisotopic (exact) mass is 278 g/mol. The van der Waals surface area contributed by atoms with Gasteiger partial charge >= 0.3 is 11.9 Å². The Bertz CT molecular complexity index is 526. The van der Waals surface area contributed by atoms with Crippen molar-refractivity contribution in [3.8, 4) is 5.75 Å². The first-order valence-electron chi connectivity index (χ1n) is 6.09. The Balaban J connectivity index is 3.26. The lowest BCUT2D eigenvalue weighted by atomic mass is 9.79. The minimum absolute atomic E-state index is 0.224. The van der Waals surface area contributed by atoms with Crippen molar-refractivity contribution in [1.82, 2.24) is 0 Å². The maximum atomic E-state index is 11.4. The highest BCUT2D eigenvalue weighted by Gasteiger charge is 2.32. The number of carboxylic acids is 2. The number of carboxylic acid groups (broad SMARTS) is 2. The number of carbonyl (C=O) groups is 2. The van der Waals surface area contributed by atoms with E-state index in [2.05, 4.69) is 0 Å². The molecule has 0 aliphatic heterocycles. The van der Waals surface area contributed by atoms with Gasteiger partial charge in [0.1, 0.15) is 5.75 Å². The molecule has 0 amide bonds. The fourth-order valence-corrected chi connectivity index (χ4v) is 1.81. The Morgan fingerprint density at radius 1 is 1.20 bits per heavy atom. The summed E-state index contributed by atoms with van der Waals surface area (Å²) in [6, 6.07) is 6.86. The first-order chi connectivity index (χ1) is 9.28. The summed E-state index contributed by atoms with van der Waals surface area (Å²) >= 11 is 0. The molecular weight excluding hydrogens is 260 g/mol. The fraction of sp³-hybridized carbons (Fsp3) is 0.333. The predicted octanol–water partition coefficient (Wildman–Crippen LogP) is 2.66. The van der Waals surface area contributed by atoms with E-state index in [1.54, 1.807) is 38.1 Å². The summed E-state index contributed by atoms with van der Waals surface area (Å²) in [6.45, 7) is 3.10. The number of aliphatic carboxylic acids is 2. The van der Waals surface area contributed by atoms with Gasteiger partial charge in [-0.25, -0.2) is 0 Å². The first kappa shape index (κ1) is 15.8. The molecular formula is C15H18O5. The molecule has 0 heterocycles. The standard InChI is InChI=1S/C15H18O5/c1-15(2,14(18)19)12(8-9-13(16)17)10-4-6-11(20-3)7-5-10/h4-8H,9H2,1-3H3,(H,16,17)(H,18,19). The topological polar surface area (TPSA) is 83.8 Å². The van der Waals surface area contributed by atoms with Crippen LogP contribution in [0.25, 0.3) is 5.57 Å². The predicted molar refractivity (Wildman–Crippen MR) is 74.6 cm³/mol. The molecule has 0 atom stereocenters. The second kappa shape index (κ2) is 6.23. The van der Waals surface area contributed by atoms with Gasteiger partial charge in [0.05, 0.1) is 18.9 Å². The molecule has 0 spiro atoms. The minimum Gasteiger partial charge on any atom is -0.497 e. The van der Waals surface area contributed by atoms with Crippen LogP contribution in [-0.4, -0.2) is 29.3 Å². The summed E-state index contributed by atoms with van der Waals surface area (Å²) in [5.41, 5.74) is -0.0428. The molecule has 1 aromatic carbocycles. The lowest BCUT2D eigenvalue weighted by molar-refractivity contribution is -0.143. The van der Waals surface area contributed by atoms with E-state index in [1.807, 2.05) is 0 Å². The van der Waals surface area contributed by atoms with Crippen LogP contribution < -0.4 is 4.74 Å². The number of methoxy groups -OCH3 is 1. The van der Waals surface area contributed by atoms with Gasteiger partial charge in [0, 0.05) is 0 Å². The van der Waals surface area contributed by atoms with Crippen molar-refractivity contribution in [2.75, 3.05) is 7.11 Å². The lowest BCUT2D eigenvalue weighted by Crippen LogP contribution is -2.25. The van der Waals surface area contributed by atoms with Crippen LogP contribution in [0.2, 0.25) is 0 Å². The van der Waals surface area contributed by atoms with Gasteiger partial charge in [-0.05, 0) is 37.1 Å². The van der Waals surface area contributed by atoms with Crippen molar-refractivity contribution in [2.45, 2.75) is 20.3 Å². The zero-order valence-electron chi connectivity index (χ0n) is 11.7. The number of hydrogen-bond acceptors (Lipinski definition) is 3. The van der Waals surface area contributed by atoms with E-state index in [0.717, 1.165) is 0 Å². The highest BCUT2D eigenvalue weighted by Crippen LogP contribution is 2.35. The van der Waals surface area contributed by atoms with Crippen LogP contribution >= 0.6 is 0 Å². The third kappa shape index (κ3) is 3.60. The Kier molecular flexibility index (Phi) is 4.91. The van der Waals surface area contributed by atoms with Crippen molar-refractivity contribution >= 4 is 17.5 Å².